The molecule has 17 heavy (non-hydrogen) atoms. The van der Waals surface area contributed by atoms with E-state index in [1.807, 2.05) is 0 Å². The minimum Gasteiger partial charge on any atom is -0.314 e. The van der Waals surface area contributed by atoms with E-state index in [0.29, 0.717) is 6.04 Å². The van der Waals surface area contributed by atoms with Gasteiger partial charge in [0.1, 0.15) is 0 Å². The largest absolute Gasteiger partial charge is 0.314 e. The van der Waals surface area contributed by atoms with Gasteiger partial charge in [0.15, 0.2) is 0 Å². The maximum absolute atomic E-state index is 3.55. The Balaban J connectivity index is 1.79. The second-order valence-corrected chi connectivity index (χ2v) is 5.41. The summed E-state index contributed by atoms with van der Waals surface area (Å²) in [5, 5.41) is 3.55. The molecule has 1 fully saturated rings. The van der Waals surface area contributed by atoms with Gasteiger partial charge in [-0.2, -0.15) is 0 Å². The SMILES string of the molecule is CCCNC(C)CCc1cccc(C2CC2)c1. The molecule has 0 amide bonds. The number of hydrogen-bond donors (Lipinski definition) is 1. The van der Waals surface area contributed by atoms with E-state index >= 15 is 0 Å². The second kappa shape index (κ2) is 6.20. The number of benzene rings is 1. The van der Waals surface area contributed by atoms with Crippen LogP contribution in [0.2, 0.25) is 0 Å². The Kier molecular flexibility index (Phi) is 4.61. The normalized spacial score (nSPS) is 17.1. The molecular formula is C16H25N. The van der Waals surface area contributed by atoms with Crippen molar-refractivity contribution < 1.29 is 0 Å². The van der Waals surface area contributed by atoms with Crippen molar-refractivity contribution in [2.24, 2.45) is 0 Å². The van der Waals surface area contributed by atoms with Crippen LogP contribution in [0.25, 0.3) is 0 Å². The molecule has 0 heterocycles. The molecule has 0 bridgehead atoms. The molecule has 94 valence electrons. The van der Waals surface area contributed by atoms with Crippen molar-refractivity contribution >= 4 is 0 Å². The topological polar surface area (TPSA) is 12.0 Å². The molecule has 1 aliphatic rings. The average Bonchev–Trinajstić information content (AvgIpc) is 3.18. The fraction of sp³-hybridized carbons (Fsp3) is 0.625. The molecular weight excluding hydrogens is 206 g/mol. The van der Waals surface area contributed by atoms with Gasteiger partial charge in [-0.15, -0.1) is 0 Å². The number of aryl methyl sites for hydroxylation is 1. The lowest BCUT2D eigenvalue weighted by Gasteiger charge is -2.13. The lowest BCUT2D eigenvalue weighted by molar-refractivity contribution is 0.513. The first kappa shape index (κ1) is 12.6. The maximum atomic E-state index is 3.55. The molecule has 0 aliphatic heterocycles. The second-order valence-electron chi connectivity index (χ2n) is 5.41. The van der Waals surface area contributed by atoms with Crippen LogP contribution in [0.1, 0.15) is 56.6 Å². The number of hydrogen-bond acceptors (Lipinski definition) is 1. The minimum absolute atomic E-state index is 0.638. The lowest BCUT2D eigenvalue weighted by Crippen LogP contribution is -2.27. The zero-order valence-corrected chi connectivity index (χ0v) is 11.2. The van der Waals surface area contributed by atoms with Crippen molar-refractivity contribution in [1.82, 2.24) is 5.32 Å². The van der Waals surface area contributed by atoms with Crippen LogP contribution in [0, 0.1) is 0 Å². The van der Waals surface area contributed by atoms with Crippen molar-refractivity contribution in [3.63, 3.8) is 0 Å². The van der Waals surface area contributed by atoms with Crippen LogP contribution in [0.5, 0.6) is 0 Å². The predicted octanol–water partition coefficient (Wildman–Crippen LogP) is 3.88. The van der Waals surface area contributed by atoms with Gasteiger partial charge in [0.05, 0.1) is 0 Å². The smallest absolute Gasteiger partial charge is 0.00418 e. The first-order valence-electron chi connectivity index (χ1n) is 7.12. The summed E-state index contributed by atoms with van der Waals surface area (Å²) in [6.07, 6.45) is 6.48. The zero-order chi connectivity index (χ0) is 12.1. The molecule has 1 heteroatoms. The third-order valence-corrected chi connectivity index (χ3v) is 3.61. The van der Waals surface area contributed by atoms with Gasteiger partial charge >= 0.3 is 0 Å². The van der Waals surface area contributed by atoms with E-state index in [1.54, 1.807) is 5.56 Å². The summed E-state index contributed by atoms with van der Waals surface area (Å²) in [5.74, 6) is 0.880. The molecule has 1 unspecified atom stereocenters. The molecule has 0 saturated heterocycles. The van der Waals surface area contributed by atoms with Gasteiger partial charge in [0.25, 0.3) is 0 Å². The van der Waals surface area contributed by atoms with Crippen LogP contribution in [0.15, 0.2) is 24.3 Å². The summed E-state index contributed by atoms with van der Waals surface area (Å²) < 4.78 is 0. The Morgan fingerprint density at radius 2 is 2.18 bits per heavy atom. The number of nitrogens with one attached hydrogen (secondary N) is 1. The average molecular weight is 231 g/mol. The molecule has 1 N–H and O–H groups in total. The summed E-state index contributed by atoms with van der Waals surface area (Å²) in [6, 6.07) is 9.86. The fourth-order valence-corrected chi connectivity index (χ4v) is 2.30. The molecule has 1 aromatic carbocycles. The van der Waals surface area contributed by atoms with Crippen LogP contribution in [-0.4, -0.2) is 12.6 Å². The highest BCUT2D eigenvalue weighted by Crippen LogP contribution is 2.40. The van der Waals surface area contributed by atoms with E-state index in [2.05, 4.69) is 43.4 Å². The van der Waals surface area contributed by atoms with E-state index in [9.17, 15) is 0 Å². The maximum Gasteiger partial charge on any atom is 0.00418 e. The van der Waals surface area contributed by atoms with Crippen LogP contribution in [0.3, 0.4) is 0 Å². The molecule has 0 spiro atoms. The highest BCUT2D eigenvalue weighted by molar-refractivity contribution is 5.29. The summed E-state index contributed by atoms with van der Waals surface area (Å²) in [7, 11) is 0. The van der Waals surface area contributed by atoms with Crippen molar-refractivity contribution in [1.29, 1.82) is 0 Å². The van der Waals surface area contributed by atoms with E-state index in [1.165, 1.54) is 37.7 Å². The van der Waals surface area contributed by atoms with Gasteiger partial charge in [0, 0.05) is 6.04 Å². The molecule has 1 nitrogen and oxygen atoms in total. The molecule has 2 rings (SSSR count). The predicted molar refractivity (Wildman–Crippen MR) is 74.5 cm³/mol. The Hall–Kier alpha value is -0.820. The standard InChI is InChI=1S/C16H25N/c1-3-11-17-13(2)7-8-14-5-4-6-16(12-14)15-9-10-15/h4-6,12-13,15,17H,3,7-11H2,1-2H3. The monoisotopic (exact) mass is 231 g/mol. The van der Waals surface area contributed by atoms with Crippen LogP contribution >= 0.6 is 0 Å². The van der Waals surface area contributed by atoms with Crippen molar-refractivity contribution in [2.75, 3.05) is 6.54 Å². The molecule has 1 aliphatic carbocycles. The third kappa shape index (κ3) is 4.16. The first-order valence-corrected chi connectivity index (χ1v) is 7.12. The highest BCUT2D eigenvalue weighted by atomic mass is 14.9. The van der Waals surface area contributed by atoms with Crippen molar-refractivity contribution in [2.45, 2.75) is 57.9 Å². The molecule has 1 saturated carbocycles. The summed E-state index contributed by atoms with van der Waals surface area (Å²) in [4.78, 5) is 0. The highest BCUT2D eigenvalue weighted by Gasteiger charge is 2.23. The van der Waals surface area contributed by atoms with Crippen LogP contribution in [0.4, 0.5) is 0 Å². The minimum atomic E-state index is 0.638. The lowest BCUT2D eigenvalue weighted by atomic mass is 10.0. The van der Waals surface area contributed by atoms with Crippen molar-refractivity contribution in [3.8, 4) is 0 Å². The quantitative estimate of drug-likeness (QED) is 0.751. The first-order chi connectivity index (χ1) is 8.29. The Morgan fingerprint density at radius 1 is 1.35 bits per heavy atom. The molecule has 1 aromatic rings. The fourth-order valence-electron chi connectivity index (χ4n) is 2.30. The third-order valence-electron chi connectivity index (χ3n) is 3.61. The summed E-state index contributed by atoms with van der Waals surface area (Å²) in [6.45, 7) is 5.66. The Bertz CT molecular complexity index is 341. The van der Waals surface area contributed by atoms with Gasteiger partial charge in [-0.1, -0.05) is 31.2 Å². The summed E-state index contributed by atoms with van der Waals surface area (Å²) >= 11 is 0. The Morgan fingerprint density at radius 3 is 2.88 bits per heavy atom. The number of rotatable bonds is 7. The van der Waals surface area contributed by atoms with Gasteiger partial charge in [-0.25, -0.2) is 0 Å². The van der Waals surface area contributed by atoms with Gasteiger partial charge in [-0.3, -0.25) is 0 Å². The Labute approximate surface area is 106 Å². The zero-order valence-electron chi connectivity index (χ0n) is 11.2. The molecule has 0 aromatic heterocycles. The molecule has 1 atom stereocenters. The van der Waals surface area contributed by atoms with E-state index in [0.717, 1.165) is 12.5 Å². The van der Waals surface area contributed by atoms with E-state index in [-0.39, 0.29) is 0 Å². The van der Waals surface area contributed by atoms with Crippen LogP contribution < -0.4 is 5.32 Å². The van der Waals surface area contributed by atoms with E-state index < -0.39 is 0 Å². The van der Waals surface area contributed by atoms with Crippen LogP contribution in [-0.2, 0) is 6.42 Å². The van der Waals surface area contributed by atoms with Gasteiger partial charge in [0.2, 0.25) is 0 Å². The van der Waals surface area contributed by atoms with E-state index in [4.69, 9.17) is 0 Å². The van der Waals surface area contributed by atoms with Crippen molar-refractivity contribution in [3.05, 3.63) is 35.4 Å². The van der Waals surface area contributed by atoms with Gasteiger partial charge < -0.3 is 5.32 Å². The molecule has 0 radical (unpaired) electrons. The van der Waals surface area contributed by atoms with Gasteiger partial charge in [-0.05, 0) is 62.6 Å². The summed E-state index contributed by atoms with van der Waals surface area (Å²) in [5.41, 5.74) is 3.08.